The Morgan fingerprint density at radius 3 is 2.67 bits per heavy atom. The quantitative estimate of drug-likeness (QED) is 0.743. The van der Waals surface area contributed by atoms with Crippen molar-refractivity contribution in [3.8, 4) is 0 Å². The maximum atomic E-state index is 12.3. The largest absolute Gasteiger partial charge is 0.351 e. The van der Waals surface area contributed by atoms with Gasteiger partial charge in [-0.1, -0.05) is 41.9 Å². The molecule has 1 heterocycles. The van der Waals surface area contributed by atoms with Gasteiger partial charge in [-0.05, 0) is 36.8 Å². The van der Waals surface area contributed by atoms with Gasteiger partial charge >= 0.3 is 0 Å². The molecular weight excluding hydrogens is 284 g/mol. The normalized spacial score (nSPS) is 12.3. The summed E-state index contributed by atoms with van der Waals surface area (Å²) in [5, 5.41) is 4.57. The number of aromatic nitrogens is 1. The number of carbonyl (C=O) groups excluding carboxylic acids is 1. The van der Waals surface area contributed by atoms with Gasteiger partial charge in [0.1, 0.15) is 5.69 Å². The lowest BCUT2D eigenvalue weighted by Crippen LogP contribution is -2.26. The van der Waals surface area contributed by atoms with E-state index in [-0.39, 0.29) is 11.9 Å². The third-order valence-electron chi connectivity index (χ3n) is 3.47. The first kappa shape index (κ1) is 13.7. The molecule has 3 rings (SSSR count). The number of fused-ring (bicyclic) bond motifs is 1. The van der Waals surface area contributed by atoms with E-state index in [9.17, 15) is 4.79 Å². The summed E-state index contributed by atoms with van der Waals surface area (Å²) in [6.07, 6.45) is 0. The maximum absolute atomic E-state index is 12.3. The van der Waals surface area contributed by atoms with E-state index in [1.165, 1.54) is 0 Å². The van der Waals surface area contributed by atoms with Gasteiger partial charge in [-0.2, -0.15) is 0 Å². The number of carbonyl (C=O) groups is 1. The minimum absolute atomic E-state index is 0.0475. The summed E-state index contributed by atoms with van der Waals surface area (Å²) >= 11 is 5.96. The van der Waals surface area contributed by atoms with Crippen LogP contribution in [0.4, 0.5) is 0 Å². The highest BCUT2D eigenvalue weighted by Gasteiger charge is 2.13. The van der Waals surface area contributed by atoms with Crippen LogP contribution in [0.3, 0.4) is 0 Å². The summed E-state index contributed by atoms with van der Waals surface area (Å²) in [7, 11) is 0. The number of benzene rings is 2. The molecule has 0 saturated carbocycles. The highest BCUT2D eigenvalue weighted by molar-refractivity contribution is 6.31. The van der Waals surface area contributed by atoms with Crippen LogP contribution >= 0.6 is 11.6 Å². The number of hydrogen-bond donors (Lipinski definition) is 2. The van der Waals surface area contributed by atoms with Crippen LogP contribution in [0.2, 0.25) is 5.02 Å². The SMILES string of the molecule is CC(NC(=O)c1cc2cc(Cl)ccc2[nH]1)c1ccccc1. The molecule has 0 aliphatic rings. The second-order valence-corrected chi connectivity index (χ2v) is 5.46. The number of halogens is 1. The highest BCUT2D eigenvalue weighted by atomic mass is 35.5. The first-order valence-corrected chi connectivity index (χ1v) is 7.15. The Bertz CT molecular complexity index is 780. The smallest absolute Gasteiger partial charge is 0.268 e. The third kappa shape index (κ3) is 2.93. The number of rotatable bonds is 3. The predicted molar refractivity (Wildman–Crippen MR) is 85.6 cm³/mol. The zero-order valence-corrected chi connectivity index (χ0v) is 12.3. The van der Waals surface area contributed by atoms with Gasteiger partial charge < -0.3 is 10.3 Å². The molecular formula is C17H15ClN2O. The summed E-state index contributed by atoms with van der Waals surface area (Å²) in [6, 6.07) is 17.1. The Morgan fingerprint density at radius 2 is 1.90 bits per heavy atom. The van der Waals surface area contributed by atoms with E-state index in [1.54, 1.807) is 6.07 Å². The number of nitrogens with one attached hydrogen (secondary N) is 2. The van der Waals surface area contributed by atoms with Gasteiger partial charge in [0, 0.05) is 15.9 Å². The van der Waals surface area contributed by atoms with Crippen LogP contribution in [-0.2, 0) is 0 Å². The zero-order chi connectivity index (χ0) is 14.8. The number of H-pyrrole nitrogens is 1. The van der Waals surface area contributed by atoms with Crippen molar-refractivity contribution in [1.82, 2.24) is 10.3 Å². The lowest BCUT2D eigenvalue weighted by atomic mass is 10.1. The van der Waals surface area contributed by atoms with Crippen molar-refractivity contribution in [2.45, 2.75) is 13.0 Å². The summed E-state index contributed by atoms with van der Waals surface area (Å²) in [5.41, 5.74) is 2.51. The van der Waals surface area contributed by atoms with Crippen LogP contribution in [0.5, 0.6) is 0 Å². The summed E-state index contributed by atoms with van der Waals surface area (Å²) in [5.74, 6) is -0.126. The Hall–Kier alpha value is -2.26. The average Bonchev–Trinajstić information content (AvgIpc) is 2.91. The Kier molecular flexibility index (Phi) is 3.67. The minimum Gasteiger partial charge on any atom is -0.351 e. The van der Waals surface area contributed by atoms with Crippen molar-refractivity contribution in [2.24, 2.45) is 0 Å². The van der Waals surface area contributed by atoms with E-state index in [1.807, 2.05) is 55.5 Å². The van der Waals surface area contributed by atoms with Gasteiger partial charge in [-0.3, -0.25) is 4.79 Å². The van der Waals surface area contributed by atoms with Crippen LogP contribution in [0.1, 0.15) is 29.0 Å². The van der Waals surface area contributed by atoms with Gasteiger partial charge in [0.05, 0.1) is 6.04 Å². The van der Waals surface area contributed by atoms with Gasteiger partial charge in [-0.25, -0.2) is 0 Å². The fourth-order valence-corrected chi connectivity index (χ4v) is 2.51. The molecule has 0 fully saturated rings. The fraction of sp³-hybridized carbons (Fsp3) is 0.118. The molecule has 1 atom stereocenters. The fourth-order valence-electron chi connectivity index (χ4n) is 2.33. The Balaban J connectivity index is 1.80. The number of aromatic amines is 1. The molecule has 0 aliphatic carbocycles. The monoisotopic (exact) mass is 298 g/mol. The van der Waals surface area contributed by atoms with E-state index in [2.05, 4.69) is 10.3 Å². The molecule has 106 valence electrons. The van der Waals surface area contributed by atoms with E-state index < -0.39 is 0 Å². The van der Waals surface area contributed by atoms with Crippen molar-refractivity contribution in [1.29, 1.82) is 0 Å². The topological polar surface area (TPSA) is 44.9 Å². The lowest BCUT2D eigenvalue weighted by Gasteiger charge is -2.13. The third-order valence-corrected chi connectivity index (χ3v) is 3.71. The molecule has 1 amide bonds. The van der Waals surface area contributed by atoms with Crippen LogP contribution in [0.25, 0.3) is 10.9 Å². The number of hydrogen-bond acceptors (Lipinski definition) is 1. The maximum Gasteiger partial charge on any atom is 0.268 e. The molecule has 1 unspecified atom stereocenters. The highest BCUT2D eigenvalue weighted by Crippen LogP contribution is 2.20. The van der Waals surface area contributed by atoms with Gasteiger partial charge in [-0.15, -0.1) is 0 Å². The minimum atomic E-state index is -0.126. The molecule has 21 heavy (non-hydrogen) atoms. The Labute approximate surface area is 127 Å². The van der Waals surface area contributed by atoms with Crippen LogP contribution in [0.15, 0.2) is 54.6 Å². The summed E-state index contributed by atoms with van der Waals surface area (Å²) in [6.45, 7) is 1.97. The van der Waals surface area contributed by atoms with Crippen LogP contribution < -0.4 is 5.32 Å². The molecule has 0 aliphatic heterocycles. The standard InChI is InChI=1S/C17H15ClN2O/c1-11(12-5-3-2-4-6-12)19-17(21)16-10-13-9-14(18)7-8-15(13)20-16/h2-11,20H,1H3,(H,19,21). The van der Waals surface area contributed by atoms with Gasteiger partial charge in [0.2, 0.25) is 0 Å². The Morgan fingerprint density at radius 1 is 1.14 bits per heavy atom. The molecule has 1 aromatic heterocycles. The summed E-state index contributed by atoms with van der Waals surface area (Å²) < 4.78 is 0. The van der Waals surface area contributed by atoms with E-state index in [0.29, 0.717) is 10.7 Å². The van der Waals surface area contributed by atoms with Gasteiger partial charge in [0.15, 0.2) is 0 Å². The summed E-state index contributed by atoms with van der Waals surface area (Å²) in [4.78, 5) is 15.4. The van der Waals surface area contributed by atoms with Gasteiger partial charge in [0.25, 0.3) is 5.91 Å². The molecule has 2 aromatic carbocycles. The second kappa shape index (κ2) is 5.62. The van der Waals surface area contributed by atoms with Crippen molar-refractivity contribution < 1.29 is 4.79 Å². The van der Waals surface area contributed by atoms with Crippen molar-refractivity contribution in [3.05, 3.63) is 70.9 Å². The molecule has 3 nitrogen and oxygen atoms in total. The molecule has 0 radical (unpaired) electrons. The molecule has 0 saturated heterocycles. The van der Waals surface area contributed by atoms with Crippen LogP contribution in [0, 0.1) is 0 Å². The van der Waals surface area contributed by atoms with Crippen molar-refractivity contribution in [2.75, 3.05) is 0 Å². The molecule has 4 heteroatoms. The molecule has 0 spiro atoms. The predicted octanol–water partition coefficient (Wildman–Crippen LogP) is 4.31. The zero-order valence-electron chi connectivity index (χ0n) is 11.6. The number of amides is 1. The average molecular weight is 299 g/mol. The molecule has 2 N–H and O–H groups in total. The van der Waals surface area contributed by atoms with Crippen molar-refractivity contribution >= 4 is 28.4 Å². The van der Waals surface area contributed by atoms with Crippen LogP contribution in [-0.4, -0.2) is 10.9 Å². The molecule has 0 bridgehead atoms. The van der Waals surface area contributed by atoms with Crippen molar-refractivity contribution in [3.63, 3.8) is 0 Å². The second-order valence-electron chi connectivity index (χ2n) is 5.02. The van der Waals surface area contributed by atoms with E-state index in [4.69, 9.17) is 11.6 Å². The molecule has 3 aromatic rings. The van der Waals surface area contributed by atoms with E-state index >= 15 is 0 Å². The van der Waals surface area contributed by atoms with E-state index in [0.717, 1.165) is 16.5 Å². The lowest BCUT2D eigenvalue weighted by molar-refractivity contribution is 0.0935. The first-order chi connectivity index (χ1) is 10.1. The first-order valence-electron chi connectivity index (χ1n) is 6.77.